The minimum atomic E-state index is -0.142. The third kappa shape index (κ3) is 2.92. The molecule has 4 fully saturated rings. The van der Waals surface area contributed by atoms with Crippen LogP contribution < -0.4 is 10.6 Å². The van der Waals surface area contributed by atoms with Gasteiger partial charge < -0.3 is 10.6 Å². The minimum Gasteiger partial charge on any atom is -0.326 e. The van der Waals surface area contributed by atoms with E-state index in [1.807, 2.05) is 0 Å². The molecule has 5 heteroatoms. The van der Waals surface area contributed by atoms with Crippen molar-refractivity contribution in [2.45, 2.75) is 39.0 Å². The summed E-state index contributed by atoms with van der Waals surface area (Å²) in [7, 11) is 0. The van der Waals surface area contributed by atoms with Crippen LogP contribution in [0.5, 0.6) is 0 Å². The first kappa shape index (κ1) is 15.9. The molecule has 4 nitrogen and oxygen atoms in total. The van der Waals surface area contributed by atoms with Gasteiger partial charge in [0.05, 0.1) is 10.7 Å². The first-order valence-corrected chi connectivity index (χ1v) is 9.25. The lowest BCUT2D eigenvalue weighted by Gasteiger charge is -2.53. The molecule has 128 valence electrons. The average Bonchev–Trinajstić information content (AvgIpc) is 2.48. The number of hydrogen-bond donors (Lipinski definition) is 2. The maximum absolute atomic E-state index is 12.9. The topological polar surface area (TPSA) is 58.2 Å². The molecule has 4 aliphatic carbocycles. The Morgan fingerprint density at radius 2 is 1.62 bits per heavy atom. The van der Waals surface area contributed by atoms with Gasteiger partial charge in [-0.1, -0.05) is 11.6 Å². The first-order chi connectivity index (χ1) is 11.5. The number of halogens is 1. The van der Waals surface area contributed by atoms with Gasteiger partial charge in [-0.05, 0) is 74.0 Å². The fourth-order valence-electron chi connectivity index (χ4n) is 5.47. The number of nitrogens with one attached hydrogen (secondary N) is 2. The van der Waals surface area contributed by atoms with Crippen LogP contribution in [0.4, 0.5) is 11.4 Å². The number of benzene rings is 1. The molecule has 5 rings (SSSR count). The molecule has 1 aromatic rings. The van der Waals surface area contributed by atoms with E-state index in [4.69, 9.17) is 11.6 Å². The van der Waals surface area contributed by atoms with Crippen molar-refractivity contribution in [3.05, 3.63) is 23.2 Å². The Morgan fingerprint density at radius 1 is 1.00 bits per heavy atom. The SMILES string of the molecule is CC(=O)Nc1ccc(NC(=O)C2C3CC4CC(C3)CC2C4)c(Cl)c1. The van der Waals surface area contributed by atoms with Crippen LogP contribution in [0.1, 0.15) is 39.0 Å². The molecule has 0 aliphatic heterocycles. The third-order valence-corrected chi connectivity index (χ3v) is 6.39. The highest BCUT2D eigenvalue weighted by atomic mass is 35.5. The largest absolute Gasteiger partial charge is 0.326 e. The predicted molar refractivity (Wildman–Crippen MR) is 94.9 cm³/mol. The summed E-state index contributed by atoms with van der Waals surface area (Å²) in [4.78, 5) is 24.0. The zero-order valence-electron chi connectivity index (χ0n) is 13.8. The van der Waals surface area contributed by atoms with E-state index in [1.165, 1.54) is 39.0 Å². The second kappa shape index (κ2) is 6.07. The molecule has 0 saturated heterocycles. The summed E-state index contributed by atoms with van der Waals surface area (Å²) in [5, 5.41) is 6.19. The smallest absolute Gasteiger partial charge is 0.228 e. The summed E-state index contributed by atoms with van der Waals surface area (Å²) in [6, 6.07) is 5.21. The van der Waals surface area contributed by atoms with Gasteiger partial charge in [0, 0.05) is 18.5 Å². The summed E-state index contributed by atoms with van der Waals surface area (Å²) in [6.45, 7) is 1.45. The van der Waals surface area contributed by atoms with E-state index in [9.17, 15) is 9.59 Å². The zero-order chi connectivity index (χ0) is 16.8. The van der Waals surface area contributed by atoms with Gasteiger partial charge in [0.15, 0.2) is 0 Å². The summed E-state index contributed by atoms with van der Waals surface area (Å²) < 4.78 is 0. The Morgan fingerprint density at radius 3 is 2.17 bits per heavy atom. The first-order valence-electron chi connectivity index (χ1n) is 8.87. The van der Waals surface area contributed by atoms with Gasteiger partial charge in [-0.3, -0.25) is 9.59 Å². The second-order valence-corrected chi connectivity index (χ2v) is 8.23. The van der Waals surface area contributed by atoms with Crippen LogP contribution in [-0.2, 0) is 9.59 Å². The number of rotatable bonds is 3. The number of hydrogen-bond acceptors (Lipinski definition) is 2. The van der Waals surface area contributed by atoms with E-state index < -0.39 is 0 Å². The number of carbonyl (C=O) groups is 2. The van der Waals surface area contributed by atoms with E-state index in [1.54, 1.807) is 18.2 Å². The van der Waals surface area contributed by atoms with Gasteiger partial charge in [-0.25, -0.2) is 0 Å². The second-order valence-electron chi connectivity index (χ2n) is 7.82. The Labute approximate surface area is 147 Å². The molecule has 0 unspecified atom stereocenters. The van der Waals surface area contributed by atoms with Crippen LogP contribution in [0.2, 0.25) is 5.02 Å². The van der Waals surface area contributed by atoms with Crippen LogP contribution >= 0.6 is 11.6 Å². The van der Waals surface area contributed by atoms with Crippen LogP contribution in [0, 0.1) is 29.6 Å². The summed E-state index contributed by atoms with van der Waals surface area (Å²) in [6.07, 6.45) is 6.28. The number of anilines is 2. The summed E-state index contributed by atoms with van der Waals surface area (Å²) >= 11 is 6.28. The molecular weight excluding hydrogens is 324 g/mol. The average molecular weight is 347 g/mol. The molecule has 0 radical (unpaired) electrons. The van der Waals surface area contributed by atoms with E-state index in [0.29, 0.717) is 28.2 Å². The molecule has 4 bridgehead atoms. The van der Waals surface area contributed by atoms with Crippen molar-refractivity contribution < 1.29 is 9.59 Å². The lowest BCUT2D eigenvalue weighted by atomic mass is 9.51. The Kier molecular flexibility index (Phi) is 4.03. The van der Waals surface area contributed by atoms with Crippen molar-refractivity contribution >= 4 is 34.8 Å². The molecule has 1 aromatic carbocycles. The van der Waals surface area contributed by atoms with Crippen molar-refractivity contribution in [1.82, 2.24) is 0 Å². The van der Waals surface area contributed by atoms with Crippen molar-refractivity contribution in [2.75, 3.05) is 10.6 Å². The van der Waals surface area contributed by atoms with Crippen LogP contribution in [0.25, 0.3) is 0 Å². The molecule has 0 aromatic heterocycles. The minimum absolute atomic E-state index is 0.123. The van der Waals surface area contributed by atoms with E-state index >= 15 is 0 Å². The van der Waals surface area contributed by atoms with Crippen molar-refractivity contribution in [2.24, 2.45) is 29.6 Å². The Hall–Kier alpha value is -1.55. The standard InChI is InChI=1S/C19H23ClN2O2/c1-10(23)21-15-2-3-17(16(20)9-15)22-19(24)18-13-5-11-4-12(7-13)8-14(18)6-11/h2-3,9,11-14,18H,4-8H2,1H3,(H,21,23)(H,22,24). The molecule has 0 spiro atoms. The van der Waals surface area contributed by atoms with Gasteiger partial charge in [0.1, 0.15) is 0 Å². The van der Waals surface area contributed by atoms with E-state index in [0.717, 1.165) is 11.8 Å². The van der Waals surface area contributed by atoms with Gasteiger partial charge in [-0.2, -0.15) is 0 Å². The van der Waals surface area contributed by atoms with Crippen LogP contribution in [0.3, 0.4) is 0 Å². The van der Waals surface area contributed by atoms with E-state index in [-0.39, 0.29) is 17.7 Å². The van der Waals surface area contributed by atoms with Gasteiger partial charge >= 0.3 is 0 Å². The van der Waals surface area contributed by atoms with Gasteiger partial charge in [0.2, 0.25) is 11.8 Å². The lowest BCUT2D eigenvalue weighted by Crippen LogP contribution is -2.49. The van der Waals surface area contributed by atoms with Crippen LogP contribution in [-0.4, -0.2) is 11.8 Å². The summed E-state index contributed by atoms with van der Waals surface area (Å²) in [5.74, 6) is 2.95. The van der Waals surface area contributed by atoms with Crippen molar-refractivity contribution in [1.29, 1.82) is 0 Å². The van der Waals surface area contributed by atoms with Crippen molar-refractivity contribution in [3.63, 3.8) is 0 Å². The fourth-order valence-corrected chi connectivity index (χ4v) is 5.69. The highest BCUT2D eigenvalue weighted by Gasteiger charge is 2.50. The third-order valence-electron chi connectivity index (χ3n) is 6.08. The maximum Gasteiger partial charge on any atom is 0.228 e. The predicted octanol–water partition coefficient (Wildman–Crippen LogP) is 4.31. The Balaban J connectivity index is 1.47. The van der Waals surface area contributed by atoms with Crippen LogP contribution in [0.15, 0.2) is 18.2 Å². The molecule has 24 heavy (non-hydrogen) atoms. The normalized spacial score (nSPS) is 33.3. The molecule has 0 heterocycles. The maximum atomic E-state index is 12.9. The van der Waals surface area contributed by atoms with E-state index in [2.05, 4.69) is 10.6 Å². The Bertz CT molecular complexity index is 660. The fraction of sp³-hybridized carbons (Fsp3) is 0.579. The van der Waals surface area contributed by atoms with Crippen molar-refractivity contribution in [3.8, 4) is 0 Å². The molecular formula is C19H23ClN2O2. The number of carbonyl (C=O) groups excluding carboxylic acids is 2. The lowest BCUT2D eigenvalue weighted by molar-refractivity contribution is -0.132. The van der Waals surface area contributed by atoms with Gasteiger partial charge in [-0.15, -0.1) is 0 Å². The molecule has 2 N–H and O–H groups in total. The molecule has 2 amide bonds. The highest BCUT2D eigenvalue weighted by molar-refractivity contribution is 6.34. The highest BCUT2D eigenvalue weighted by Crippen LogP contribution is 2.56. The monoisotopic (exact) mass is 346 g/mol. The summed E-state index contributed by atoms with van der Waals surface area (Å²) in [5.41, 5.74) is 1.27. The molecule has 4 saturated carbocycles. The molecule has 4 aliphatic rings. The zero-order valence-corrected chi connectivity index (χ0v) is 14.6. The molecule has 0 atom stereocenters. The quantitative estimate of drug-likeness (QED) is 0.856. The van der Waals surface area contributed by atoms with Gasteiger partial charge in [0.25, 0.3) is 0 Å². The number of amides is 2.